The number of benzene rings is 1. The molecule has 0 radical (unpaired) electrons. The smallest absolute Gasteiger partial charge is 0.318 e. The zero-order chi connectivity index (χ0) is 20.7. The zero-order valence-corrected chi connectivity index (χ0v) is 16.6. The lowest BCUT2D eigenvalue weighted by atomic mass is 10.1. The quantitative estimate of drug-likeness (QED) is 0.529. The van der Waals surface area contributed by atoms with Gasteiger partial charge < -0.3 is 14.6 Å². The molecule has 0 saturated heterocycles. The highest BCUT2D eigenvalue weighted by atomic mass is 35.5. The predicted octanol–water partition coefficient (Wildman–Crippen LogP) is 3.20. The number of furan rings is 1. The van der Waals surface area contributed by atoms with Crippen LogP contribution in [0.4, 0.5) is 4.79 Å². The topological polar surface area (TPSA) is 95.6 Å². The Bertz CT molecular complexity index is 1290. The molecule has 30 heavy (non-hydrogen) atoms. The molecule has 0 bridgehead atoms. The molecule has 4 aromatic rings. The van der Waals surface area contributed by atoms with Crippen LogP contribution >= 0.6 is 11.6 Å². The molecule has 0 spiro atoms. The van der Waals surface area contributed by atoms with Crippen molar-refractivity contribution in [3.8, 4) is 11.3 Å². The maximum Gasteiger partial charge on any atom is 0.318 e. The monoisotopic (exact) mass is 423 g/mol. The average molecular weight is 424 g/mol. The first-order valence-corrected chi connectivity index (χ1v) is 9.91. The number of nitrogens with one attached hydrogen (secondary N) is 2. The van der Waals surface area contributed by atoms with Crippen LogP contribution in [0.25, 0.3) is 16.9 Å². The van der Waals surface area contributed by atoms with Gasteiger partial charge in [-0.25, -0.2) is 14.3 Å². The van der Waals surface area contributed by atoms with E-state index in [4.69, 9.17) is 16.0 Å². The van der Waals surface area contributed by atoms with E-state index >= 15 is 0 Å². The number of amides is 2. The van der Waals surface area contributed by atoms with Crippen LogP contribution in [-0.2, 0) is 19.5 Å². The number of carbonyl (C=O) groups excluding carboxylic acids is 1. The molecule has 1 aliphatic rings. The standard InChI is InChI=1S/C21H18ClN5O3/c22-16-6-2-1-5-14(16)17-10-19-24-18-12-26(8-7-15(18)20(28)27(19)25-17)21(29)23-11-13-4-3-9-30-13/h1-6,9-10,25H,7-8,11-12H2,(H,23,29). The average Bonchev–Trinajstić information content (AvgIpc) is 3.42. The van der Waals surface area contributed by atoms with Crippen molar-refractivity contribution < 1.29 is 9.21 Å². The Morgan fingerprint density at radius 3 is 2.93 bits per heavy atom. The number of H-pyrrole nitrogens is 1. The van der Waals surface area contributed by atoms with E-state index in [1.54, 1.807) is 35.4 Å². The summed E-state index contributed by atoms with van der Waals surface area (Å²) < 4.78 is 6.67. The summed E-state index contributed by atoms with van der Waals surface area (Å²) in [4.78, 5) is 31.8. The Balaban J connectivity index is 1.42. The molecular formula is C21H18ClN5O3. The number of rotatable bonds is 3. The second kappa shape index (κ2) is 7.38. The van der Waals surface area contributed by atoms with Crippen LogP contribution in [0.3, 0.4) is 0 Å². The molecule has 152 valence electrons. The third-order valence-electron chi connectivity index (χ3n) is 5.21. The highest BCUT2D eigenvalue weighted by molar-refractivity contribution is 6.33. The van der Waals surface area contributed by atoms with Crippen molar-refractivity contribution >= 4 is 23.3 Å². The van der Waals surface area contributed by atoms with E-state index in [1.165, 1.54) is 4.52 Å². The summed E-state index contributed by atoms with van der Waals surface area (Å²) in [7, 11) is 0. The van der Waals surface area contributed by atoms with Gasteiger partial charge in [-0.1, -0.05) is 29.8 Å². The van der Waals surface area contributed by atoms with Gasteiger partial charge in [-0.05, 0) is 24.6 Å². The van der Waals surface area contributed by atoms with Crippen LogP contribution < -0.4 is 10.9 Å². The number of carbonyl (C=O) groups is 1. The lowest BCUT2D eigenvalue weighted by Gasteiger charge is -2.27. The number of hydrogen-bond acceptors (Lipinski definition) is 4. The van der Waals surface area contributed by atoms with Gasteiger partial charge in [0, 0.05) is 28.8 Å². The highest BCUT2D eigenvalue weighted by Gasteiger charge is 2.25. The van der Waals surface area contributed by atoms with Gasteiger partial charge in [0.2, 0.25) is 0 Å². The van der Waals surface area contributed by atoms with Crippen molar-refractivity contribution in [2.24, 2.45) is 0 Å². The van der Waals surface area contributed by atoms with E-state index in [1.807, 2.05) is 18.2 Å². The number of halogens is 1. The van der Waals surface area contributed by atoms with Gasteiger partial charge >= 0.3 is 6.03 Å². The molecule has 0 atom stereocenters. The molecule has 0 aliphatic carbocycles. The predicted molar refractivity (Wildman–Crippen MR) is 111 cm³/mol. The molecule has 2 N–H and O–H groups in total. The van der Waals surface area contributed by atoms with Gasteiger partial charge in [0.25, 0.3) is 5.56 Å². The number of aromatic nitrogens is 3. The summed E-state index contributed by atoms with van der Waals surface area (Å²) in [6.45, 7) is 1.03. The first-order chi connectivity index (χ1) is 14.6. The molecule has 1 aliphatic heterocycles. The van der Waals surface area contributed by atoms with Crippen molar-refractivity contribution in [2.75, 3.05) is 6.54 Å². The summed E-state index contributed by atoms with van der Waals surface area (Å²) in [5, 5.41) is 6.51. The van der Waals surface area contributed by atoms with Crippen molar-refractivity contribution in [1.82, 2.24) is 24.8 Å². The van der Waals surface area contributed by atoms with Crippen LogP contribution in [0.15, 0.2) is 57.9 Å². The van der Waals surface area contributed by atoms with Gasteiger partial charge in [-0.3, -0.25) is 9.89 Å². The molecule has 0 saturated carbocycles. The van der Waals surface area contributed by atoms with E-state index in [0.29, 0.717) is 52.9 Å². The van der Waals surface area contributed by atoms with E-state index < -0.39 is 0 Å². The number of aromatic amines is 1. The highest BCUT2D eigenvalue weighted by Crippen LogP contribution is 2.27. The Morgan fingerprint density at radius 1 is 1.27 bits per heavy atom. The van der Waals surface area contributed by atoms with Crippen LogP contribution in [-0.4, -0.2) is 32.1 Å². The maximum atomic E-state index is 13.0. The van der Waals surface area contributed by atoms with Crippen molar-refractivity contribution in [2.45, 2.75) is 19.5 Å². The molecule has 4 heterocycles. The first kappa shape index (κ1) is 18.5. The molecule has 0 unspecified atom stereocenters. The van der Waals surface area contributed by atoms with Gasteiger partial charge in [0.05, 0.1) is 30.7 Å². The van der Waals surface area contributed by atoms with Crippen LogP contribution in [0, 0.1) is 0 Å². The van der Waals surface area contributed by atoms with Crippen molar-refractivity contribution in [3.63, 3.8) is 0 Å². The minimum absolute atomic E-state index is 0.149. The van der Waals surface area contributed by atoms with E-state index in [0.717, 1.165) is 5.56 Å². The third-order valence-corrected chi connectivity index (χ3v) is 5.54. The maximum absolute atomic E-state index is 13.0. The molecule has 0 fully saturated rings. The molecule has 3 aromatic heterocycles. The SMILES string of the molecule is O=C(NCc1ccco1)N1CCc2c(nc3cc(-c4ccccc4Cl)[nH]n3c2=O)C1. The number of nitrogens with zero attached hydrogens (tertiary/aromatic N) is 3. The van der Waals surface area contributed by atoms with Gasteiger partial charge in [-0.2, -0.15) is 0 Å². The largest absolute Gasteiger partial charge is 0.467 e. The van der Waals surface area contributed by atoms with E-state index in [-0.39, 0.29) is 18.1 Å². The summed E-state index contributed by atoms with van der Waals surface area (Å²) in [6, 6.07) is 12.5. The molecule has 1 aromatic carbocycles. The van der Waals surface area contributed by atoms with Gasteiger partial charge in [0.1, 0.15) is 5.76 Å². The minimum atomic E-state index is -0.218. The number of fused-ring (bicyclic) bond motifs is 2. The lowest BCUT2D eigenvalue weighted by molar-refractivity contribution is 0.190. The second-order valence-electron chi connectivity index (χ2n) is 7.10. The molecule has 9 heteroatoms. The Morgan fingerprint density at radius 2 is 2.13 bits per heavy atom. The van der Waals surface area contributed by atoms with Crippen LogP contribution in [0.2, 0.25) is 5.02 Å². The Hall–Kier alpha value is -3.52. The summed E-state index contributed by atoms with van der Waals surface area (Å²) in [5.74, 6) is 0.679. The molecule has 2 amide bonds. The van der Waals surface area contributed by atoms with E-state index in [9.17, 15) is 9.59 Å². The summed E-state index contributed by atoms with van der Waals surface area (Å²) in [5.41, 5.74) is 3.08. The van der Waals surface area contributed by atoms with Gasteiger partial charge in [0.15, 0.2) is 5.65 Å². The molecule has 8 nitrogen and oxygen atoms in total. The molecule has 5 rings (SSSR count). The first-order valence-electron chi connectivity index (χ1n) is 9.54. The minimum Gasteiger partial charge on any atom is -0.467 e. The van der Waals surface area contributed by atoms with Crippen molar-refractivity contribution in [3.05, 3.63) is 81.1 Å². The fourth-order valence-electron chi connectivity index (χ4n) is 3.67. The zero-order valence-electron chi connectivity index (χ0n) is 15.9. The van der Waals surface area contributed by atoms with E-state index in [2.05, 4.69) is 15.4 Å². The lowest BCUT2D eigenvalue weighted by Crippen LogP contribution is -2.44. The summed E-state index contributed by atoms with van der Waals surface area (Å²) in [6.07, 6.45) is 2.01. The van der Waals surface area contributed by atoms with Crippen LogP contribution in [0.1, 0.15) is 17.0 Å². The Kier molecular flexibility index (Phi) is 4.55. The van der Waals surface area contributed by atoms with Gasteiger partial charge in [-0.15, -0.1) is 0 Å². The third kappa shape index (κ3) is 3.25. The Labute approximate surface area is 176 Å². The molecular weight excluding hydrogens is 406 g/mol. The van der Waals surface area contributed by atoms with Crippen LogP contribution in [0.5, 0.6) is 0 Å². The summed E-state index contributed by atoms with van der Waals surface area (Å²) >= 11 is 6.29. The fraction of sp³-hybridized carbons (Fsp3) is 0.190. The number of urea groups is 1. The van der Waals surface area contributed by atoms with Crippen molar-refractivity contribution in [1.29, 1.82) is 0 Å². The normalized spacial score (nSPS) is 13.4. The number of hydrogen-bond donors (Lipinski definition) is 2. The second-order valence-corrected chi connectivity index (χ2v) is 7.50. The fourth-order valence-corrected chi connectivity index (χ4v) is 3.91.